The van der Waals surface area contributed by atoms with Crippen LogP contribution >= 0.6 is 0 Å². The van der Waals surface area contributed by atoms with Gasteiger partial charge in [0.05, 0.1) is 18.1 Å². The minimum atomic E-state index is -0.689. The summed E-state index contributed by atoms with van der Waals surface area (Å²) in [5.74, 6) is -1.19. The van der Waals surface area contributed by atoms with E-state index in [2.05, 4.69) is 4.74 Å². The van der Waals surface area contributed by atoms with Gasteiger partial charge < -0.3 is 9.64 Å². The maximum atomic E-state index is 13.3. The van der Waals surface area contributed by atoms with Gasteiger partial charge in [0.2, 0.25) is 0 Å². The molecule has 1 aromatic carbocycles. The van der Waals surface area contributed by atoms with Crippen LogP contribution < -0.4 is 4.90 Å². The van der Waals surface area contributed by atoms with E-state index in [-0.39, 0.29) is 23.5 Å². The van der Waals surface area contributed by atoms with Crippen molar-refractivity contribution in [2.45, 2.75) is 6.92 Å². The summed E-state index contributed by atoms with van der Waals surface area (Å²) in [4.78, 5) is 22.6. The lowest BCUT2D eigenvalue weighted by Gasteiger charge is -2.18. The SMILES string of the molecule is COC(=O)CN(C)c1cc(C)c(F)cc1[N+](=O)[O-]. The van der Waals surface area contributed by atoms with Crippen LogP contribution in [0.5, 0.6) is 0 Å². The first-order valence-electron chi connectivity index (χ1n) is 5.09. The number of anilines is 1. The highest BCUT2D eigenvalue weighted by Crippen LogP contribution is 2.30. The third-order valence-electron chi connectivity index (χ3n) is 2.46. The van der Waals surface area contributed by atoms with E-state index in [1.54, 1.807) is 0 Å². The lowest BCUT2D eigenvalue weighted by Crippen LogP contribution is -2.27. The highest BCUT2D eigenvalue weighted by molar-refractivity contribution is 5.77. The molecule has 0 bridgehead atoms. The lowest BCUT2D eigenvalue weighted by molar-refractivity contribution is -0.384. The molecule has 0 aliphatic heterocycles. The van der Waals surface area contributed by atoms with Crippen molar-refractivity contribution in [1.29, 1.82) is 0 Å². The van der Waals surface area contributed by atoms with E-state index in [1.807, 2.05) is 0 Å². The Bertz CT molecular complexity index is 490. The molecule has 6 nitrogen and oxygen atoms in total. The minimum absolute atomic E-state index is 0.150. The van der Waals surface area contributed by atoms with E-state index in [0.29, 0.717) is 0 Å². The minimum Gasteiger partial charge on any atom is -0.468 e. The van der Waals surface area contributed by atoms with Gasteiger partial charge in [-0.3, -0.25) is 14.9 Å². The average molecular weight is 256 g/mol. The number of nitro groups is 1. The molecule has 0 saturated carbocycles. The molecule has 0 aliphatic carbocycles. The molecule has 98 valence electrons. The van der Waals surface area contributed by atoms with Crippen molar-refractivity contribution in [3.8, 4) is 0 Å². The van der Waals surface area contributed by atoms with Crippen molar-refractivity contribution < 1.29 is 18.8 Å². The molecule has 0 spiro atoms. The van der Waals surface area contributed by atoms with E-state index < -0.39 is 16.7 Å². The Kier molecular flexibility index (Phi) is 4.19. The summed E-state index contributed by atoms with van der Waals surface area (Å²) >= 11 is 0. The zero-order valence-electron chi connectivity index (χ0n) is 10.3. The van der Waals surface area contributed by atoms with Crippen molar-refractivity contribution in [3.63, 3.8) is 0 Å². The fourth-order valence-corrected chi connectivity index (χ4v) is 1.45. The molecule has 0 aliphatic rings. The number of esters is 1. The molecule has 1 aromatic rings. The van der Waals surface area contributed by atoms with Gasteiger partial charge in [-0.25, -0.2) is 4.39 Å². The predicted molar refractivity (Wildman–Crippen MR) is 63.1 cm³/mol. The van der Waals surface area contributed by atoms with Crippen LogP contribution in [0.2, 0.25) is 0 Å². The second-order valence-corrected chi connectivity index (χ2v) is 3.78. The number of nitrogens with zero attached hydrogens (tertiary/aromatic N) is 2. The van der Waals surface area contributed by atoms with Gasteiger partial charge in [-0.1, -0.05) is 0 Å². The second kappa shape index (κ2) is 5.44. The summed E-state index contributed by atoms with van der Waals surface area (Å²) in [5.41, 5.74) is 0.0566. The summed E-state index contributed by atoms with van der Waals surface area (Å²) in [7, 11) is 2.72. The molecular weight excluding hydrogens is 243 g/mol. The van der Waals surface area contributed by atoms with Gasteiger partial charge in [-0.05, 0) is 18.6 Å². The molecule has 0 N–H and O–H groups in total. The van der Waals surface area contributed by atoms with Crippen LogP contribution in [0.4, 0.5) is 15.8 Å². The molecule has 0 saturated heterocycles. The van der Waals surface area contributed by atoms with Crippen LogP contribution in [-0.4, -0.2) is 31.6 Å². The predicted octanol–water partition coefficient (Wildman–Crippen LogP) is 1.65. The molecule has 0 heterocycles. The molecule has 0 fully saturated rings. The Labute approximate surface area is 103 Å². The van der Waals surface area contributed by atoms with Crippen molar-refractivity contribution in [2.75, 3.05) is 25.6 Å². The standard InChI is InChI=1S/C11H13FN2O4/c1-7-4-9(13(2)6-11(15)18-3)10(14(16)17)5-8(7)12/h4-5H,6H2,1-3H3. The number of ether oxygens (including phenoxy) is 1. The summed E-state index contributed by atoms with van der Waals surface area (Å²) in [6, 6.07) is 2.18. The molecule has 0 unspecified atom stereocenters. The molecular formula is C11H13FN2O4. The van der Waals surface area contributed by atoms with Gasteiger partial charge in [0, 0.05) is 7.05 Å². The monoisotopic (exact) mass is 256 g/mol. The van der Waals surface area contributed by atoms with E-state index in [0.717, 1.165) is 6.07 Å². The Balaban J connectivity index is 3.17. The number of hydrogen-bond acceptors (Lipinski definition) is 5. The summed E-state index contributed by atoms with van der Waals surface area (Å²) in [6.07, 6.45) is 0. The number of likely N-dealkylation sites (N-methyl/N-ethyl adjacent to an activating group) is 1. The number of halogens is 1. The third-order valence-corrected chi connectivity index (χ3v) is 2.46. The number of aryl methyl sites for hydroxylation is 1. The number of methoxy groups -OCH3 is 1. The largest absolute Gasteiger partial charge is 0.468 e. The van der Waals surface area contributed by atoms with E-state index in [4.69, 9.17) is 0 Å². The normalized spacial score (nSPS) is 10.0. The number of nitro benzene ring substituents is 1. The average Bonchev–Trinajstić information content (AvgIpc) is 2.31. The fraction of sp³-hybridized carbons (Fsp3) is 0.364. The number of benzene rings is 1. The van der Waals surface area contributed by atoms with Crippen molar-refractivity contribution in [3.05, 3.63) is 33.6 Å². The van der Waals surface area contributed by atoms with Crippen LogP contribution in [0.1, 0.15) is 5.56 Å². The van der Waals surface area contributed by atoms with Crippen LogP contribution in [0.3, 0.4) is 0 Å². The molecule has 1 rings (SSSR count). The molecule has 18 heavy (non-hydrogen) atoms. The molecule has 7 heteroatoms. The van der Waals surface area contributed by atoms with Crippen molar-refractivity contribution >= 4 is 17.3 Å². The Morgan fingerprint density at radius 1 is 1.56 bits per heavy atom. The number of rotatable bonds is 4. The van der Waals surface area contributed by atoms with Crippen molar-refractivity contribution in [2.24, 2.45) is 0 Å². The van der Waals surface area contributed by atoms with E-state index in [1.165, 1.54) is 32.0 Å². The van der Waals surface area contributed by atoms with Gasteiger partial charge >= 0.3 is 5.97 Å². The van der Waals surface area contributed by atoms with Crippen LogP contribution in [0, 0.1) is 22.9 Å². The summed E-state index contributed by atoms with van der Waals surface area (Å²) in [5, 5.41) is 10.8. The highest BCUT2D eigenvalue weighted by atomic mass is 19.1. The summed E-state index contributed by atoms with van der Waals surface area (Å²) in [6.45, 7) is 1.34. The highest BCUT2D eigenvalue weighted by Gasteiger charge is 2.21. The van der Waals surface area contributed by atoms with Crippen LogP contribution in [-0.2, 0) is 9.53 Å². The zero-order chi connectivity index (χ0) is 13.9. The Morgan fingerprint density at radius 3 is 2.67 bits per heavy atom. The van der Waals surface area contributed by atoms with Gasteiger partial charge in [0.15, 0.2) is 0 Å². The van der Waals surface area contributed by atoms with Gasteiger partial charge in [-0.15, -0.1) is 0 Å². The lowest BCUT2D eigenvalue weighted by atomic mass is 10.1. The number of carbonyl (C=O) groups excluding carboxylic acids is 1. The third kappa shape index (κ3) is 2.93. The summed E-state index contributed by atoms with van der Waals surface area (Å²) < 4.78 is 17.8. The first-order chi connectivity index (χ1) is 8.36. The molecule has 0 radical (unpaired) electrons. The van der Waals surface area contributed by atoms with Crippen molar-refractivity contribution in [1.82, 2.24) is 0 Å². The maximum Gasteiger partial charge on any atom is 0.325 e. The molecule has 0 aromatic heterocycles. The fourth-order valence-electron chi connectivity index (χ4n) is 1.45. The quantitative estimate of drug-likeness (QED) is 0.465. The molecule has 0 atom stereocenters. The topological polar surface area (TPSA) is 72.7 Å². The second-order valence-electron chi connectivity index (χ2n) is 3.78. The van der Waals surface area contributed by atoms with Gasteiger partial charge in [0.1, 0.15) is 18.0 Å². The van der Waals surface area contributed by atoms with Crippen LogP contribution in [0.25, 0.3) is 0 Å². The first kappa shape index (κ1) is 13.9. The number of carbonyl (C=O) groups is 1. The van der Waals surface area contributed by atoms with Crippen LogP contribution in [0.15, 0.2) is 12.1 Å². The van der Waals surface area contributed by atoms with E-state index >= 15 is 0 Å². The maximum absolute atomic E-state index is 13.3. The van der Waals surface area contributed by atoms with Gasteiger partial charge in [-0.2, -0.15) is 0 Å². The number of hydrogen-bond donors (Lipinski definition) is 0. The van der Waals surface area contributed by atoms with E-state index in [9.17, 15) is 19.3 Å². The Morgan fingerprint density at radius 2 is 2.17 bits per heavy atom. The zero-order valence-corrected chi connectivity index (χ0v) is 10.3. The Hall–Kier alpha value is -2.18. The first-order valence-corrected chi connectivity index (χ1v) is 5.09. The van der Waals surface area contributed by atoms with Gasteiger partial charge in [0.25, 0.3) is 5.69 Å². The molecule has 0 amide bonds. The smallest absolute Gasteiger partial charge is 0.325 e.